The van der Waals surface area contributed by atoms with E-state index >= 15 is 0 Å². The van der Waals surface area contributed by atoms with Crippen LogP contribution >= 0.6 is 0 Å². The van der Waals surface area contributed by atoms with Crippen molar-refractivity contribution in [2.45, 2.75) is 25.0 Å². The lowest BCUT2D eigenvalue weighted by Crippen LogP contribution is -2.29. The van der Waals surface area contributed by atoms with E-state index in [0.29, 0.717) is 13.1 Å². The normalized spacial score (nSPS) is 26.8. The number of Topliss-reactive ketones (excluding diaryl/α,β-unsaturated/α-hetero) is 1. The third kappa shape index (κ3) is 3.94. The van der Waals surface area contributed by atoms with E-state index in [4.69, 9.17) is 5.73 Å². The Labute approximate surface area is 87.7 Å². The van der Waals surface area contributed by atoms with E-state index in [1.54, 1.807) is 4.90 Å². The van der Waals surface area contributed by atoms with Gasteiger partial charge in [0.05, 0.1) is 18.8 Å². The number of ketones is 1. The van der Waals surface area contributed by atoms with E-state index in [9.17, 15) is 19.8 Å². The number of carbonyl (C=O) groups is 2. The molecule has 0 spiro atoms. The highest BCUT2D eigenvalue weighted by atomic mass is 16.3. The van der Waals surface area contributed by atoms with E-state index in [0.717, 1.165) is 0 Å². The fourth-order valence-electron chi connectivity index (χ4n) is 1.57. The molecule has 6 heteroatoms. The zero-order valence-electron chi connectivity index (χ0n) is 8.43. The molecule has 1 heterocycles. The maximum absolute atomic E-state index is 11.3. The van der Waals surface area contributed by atoms with Gasteiger partial charge in [0.15, 0.2) is 0 Å². The summed E-state index contributed by atoms with van der Waals surface area (Å²) in [6.45, 7) is 0.744. The van der Waals surface area contributed by atoms with Crippen LogP contribution in [0.5, 0.6) is 0 Å². The van der Waals surface area contributed by atoms with Crippen molar-refractivity contribution in [1.29, 1.82) is 0 Å². The molecule has 15 heavy (non-hydrogen) atoms. The molecule has 1 rings (SSSR count). The first kappa shape index (κ1) is 12.1. The largest absolute Gasteiger partial charge is 0.389 e. The number of nitrogens with zero attached hydrogens (tertiary/aromatic N) is 1. The number of hydrogen-bond acceptors (Lipinski definition) is 5. The second-order valence-electron chi connectivity index (χ2n) is 3.83. The number of aliphatic hydroxyl groups is 2. The summed E-state index contributed by atoms with van der Waals surface area (Å²) in [6, 6.07) is 0. The van der Waals surface area contributed by atoms with Gasteiger partial charge in [-0.1, -0.05) is 0 Å². The predicted molar refractivity (Wildman–Crippen MR) is 51.9 cm³/mol. The molecular formula is C9H16N2O4. The van der Waals surface area contributed by atoms with Gasteiger partial charge in [0, 0.05) is 25.9 Å². The fourth-order valence-corrected chi connectivity index (χ4v) is 1.57. The van der Waals surface area contributed by atoms with E-state index in [1.165, 1.54) is 0 Å². The Balaban J connectivity index is 2.24. The lowest BCUT2D eigenvalue weighted by atomic mass is 10.2. The number of aliphatic hydroxyl groups excluding tert-OH is 2. The van der Waals surface area contributed by atoms with Gasteiger partial charge in [-0.25, -0.2) is 0 Å². The minimum atomic E-state index is -0.783. The van der Waals surface area contributed by atoms with E-state index < -0.39 is 18.1 Å². The first-order valence-corrected chi connectivity index (χ1v) is 4.87. The molecule has 1 saturated heterocycles. The van der Waals surface area contributed by atoms with Gasteiger partial charge < -0.3 is 15.9 Å². The van der Waals surface area contributed by atoms with Gasteiger partial charge in [-0.05, 0) is 0 Å². The molecule has 1 fully saturated rings. The summed E-state index contributed by atoms with van der Waals surface area (Å²) in [5, 5.41) is 18.4. The van der Waals surface area contributed by atoms with Gasteiger partial charge in [0.25, 0.3) is 0 Å². The van der Waals surface area contributed by atoms with Crippen molar-refractivity contribution >= 4 is 11.7 Å². The molecule has 0 unspecified atom stereocenters. The molecule has 4 N–H and O–H groups in total. The summed E-state index contributed by atoms with van der Waals surface area (Å²) in [5.74, 6) is -0.597. The van der Waals surface area contributed by atoms with Gasteiger partial charge in [0.2, 0.25) is 5.91 Å². The number of amides is 1. The number of likely N-dealkylation sites (tertiary alicyclic amines) is 1. The fraction of sp³-hybridized carbons (Fsp3) is 0.778. The van der Waals surface area contributed by atoms with Crippen molar-refractivity contribution in [1.82, 2.24) is 4.90 Å². The average Bonchev–Trinajstić information content (AvgIpc) is 2.42. The Morgan fingerprint density at radius 2 is 1.73 bits per heavy atom. The van der Waals surface area contributed by atoms with Crippen LogP contribution in [-0.2, 0) is 9.59 Å². The highest BCUT2D eigenvalue weighted by molar-refractivity contribution is 5.85. The molecular weight excluding hydrogens is 200 g/mol. The summed E-state index contributed by atoms with van der Waals surface area (Å²) in [4.78, 5) is 23.4. The second kappa shape index (κ2) is 5.20. The molecule has 1 amide bonds. The van der Waals surface area contributed by atoms with Crippen LogP contribution in [0.25, 0.3) is 0 Å². The number of β-amino-alcohol motifs (C(OH)–C–C–N with tert-alkyl or cyclic N) is 2. The van der Waals surface area contributed by atoms with Crippen LogP contribution in [0.4, 0.5) is 0 Å². The number of rotatable bonds is 5. The summed E-state index contributed by atoms with van der Waals surface area (Å²) in [5.41, 5.74) is 4.91. The van der Waals surface area contributed by atoms with Crippen molar-refractivity contribution < 1.29 is 19.8 Å². The molecule has 86 valence electrons. The number of carbonyl (C=O) groups excluding carboxylic acids is 2. The Morgan fingerprint density at radius 3 is 2.20 bits per heavy atom. The minimum Gasteiger partial charge on any atom is -0.389 e. The van der Waals surface area contributed by atoms with Crippen LogP contribution in [-0.4, -0.2) is 58.6 Å². The molecule has 6 nitrogen and oxygen atoms in total. The second-order valence-corrected chi connectivity index (χ2v) is 3.83. The van der Waals surface area contributed by atoms with Gasteiger partial charge in [-0.15, -0.1) is 0 Å². The first-order chi connectivity index (χ1) is 6.99. The number of nitrogens with two attached hydrogens (primary N) is 1. The van der Waals surface area contributed by atoms with Crippen LogP contribution < -0.4 is 5.73 Å². The Morgan fingerprint density at radius 1 is 1.20 bits per heavy atom. The first-order valence-electron chi connectivity index (χ1n) is 4.87. The summed E-state index contributed by atoms with van der Waals surface area (Å²) >= 11 is 0. The highest BCUT2D eigenvalue weighted by Crippen LogP contribution is 2.09. The minimum absolute atomic E-state index is 0.0534. The van der Waals surface area contributed by atoms with Crippen molar-refractivity contribution in [2.75, 3.05) is 19.6 Å². The van der Waals surface area contributed by atoms with Crippen LogP contribution in [0, 0.1) is 0 Å². The molecule has 0 aromatic heterocycles. The van der Waals surface area contributed by atoms with Gasteiger partial charge in [-0.2, -0.15) is 0 Å². The Bertz CT molecular complexity index is 246. The van der Waals surface area contributed by atoms with Crippen LogP contribution in [0.2, 0.25) is 0 Å². The van der Waals surface area contributed by atoms with E-state index in [-0.39, 0.29) is 25.2 Å². The molecule has 0 aromatic rings. The van der Waals surface area contributed by atoms with Gasteiger partial charge >= 0.3 is 0 Å². The van der Waals surface area contributed by atoms with Crippen molar-refractivity contribution in [2.24, 2.45) is 5.73 Å². The average molecular weight is 216 g/mol. The van der Waals surface area contributed by atoms with Crippen molar-refractivity contribution in [3.63, 3.8) is 0 Å². The molecule has 0 aromatic carbocycles. The topological polar surface area (TPSA) is 104 Å². The lowest BCUT2D eigenvalue weighted by molar-refractivity contribution is -0.124. The summed E-state index contributed by atoms with van der Waals surface area (Å²) in [7, 11) is 0. The Kier molecular flexibility index (Phi) is 4.19. The summed E-state index contributed by atoms with van der Waals surface area (Å²) in [6.07, 6.45) is -1.39. The van der Waals surface area contributed by atoms with Crippen molar-refractivity contribution in [3.8, 4) is 0 Å². The zero-order chi connectivity index (χ0) is 11.4. The van der Waals surface area contributed by atoms with E-state index in [1.807, 2.05) is 0 Å². The maximum Gasteiger partial charge on any atom is 0.217 e. The monoisotopic (exact) mass is 216 g/mol. The SMILES string of the molecule is NC(=O)CCC(=O)CN1C[C@@H](O)[C@@H](O)C1. The predicted octanol–water partition coefficient (Wildman–Crippen LogP) is -2.14. The number of primary amides is 1. The highest BCUT2D eigenvalue weighted by Gasteiger charge is 2.30. The maximum atomic E-state index is 11.3. The summed E-state index contributed by atoms with van der Waals surface area (Å²) < 4.78 is 0. The molecule has 0 aliphatic carbocycles. The molecule has 1 aliphatic heterocycles. The standard InChI is InChI=1S/C9H16N2O4/c10-9(15)2-1-6(12)3-11-4-7(13)8(14)5-11/h7-8,13-14H,1-5H2,(H2,10,15)/t7-,8+. The third-order valence-corrected chi connectivity index (χ3v) is 2.38. The zero-order valence-corrected chi connectivity index (χ0v) is 8.43. The van der Waals surface area contributed by atoms with Crippen LogP contribution in [0.15, 0.2) is 0 Å². The molecule has 0 bridgehead atoms. The molecule has 1 aliphatic rings. The van der Waals surface area contributed by atoms with E-state index in [2.05, 4.69) is 0 Å². The molecule has 2 atom stereocenters. The van der Waals surface area contributed by atoms with Gasteiger partial charge in [0.1, 0.15) is 5.78 Å². The smallest absolute Gasteiger partial charge is 0.217 e. The number of hydrogen-bond donors (Lipinski definition) is 3. The van der Waals surface area contributed by atoms with Gasteiger partial charge in [-0.3, -0.25) is 14.5 Å². The van der Waals surface area contributed by atoms with Crippen LogP contribution in [0.3, 0.4) is 0 Å². The molecule has 0 radical (unpaired) electrons. The van der Waals surface area contributed by atoms with Crippen molar-refractivity contribution in [3.05, 3.63) is 0 Å². The van der Waals surface area contributed by atoms with Crippen LogP contribution in [0.1, 0.15) is 12.8 Å². The molecule has 0 saturated carbocycles. The third-order valence-electron chi connectivity index (χ3n) is 2.38. The quantitative estimate of drug-likeness (QED) is 0.486. The lowest BCUT2D eigenvalue weighted by Gasteiger charge is -2.12. The Hall–Kier alpha value is -0.980.